The lowest BCUT2D eigenvalue weighted by atomic mass is 9.54. The van der Waals surface area contributed by atoms with E-state index in [2.05, 4.69) is 61.1 Å². The van der Waals surface area contributed by atoms with Gasteiger partial charge >= 0.3 is 0 Å². The van der Waals surface area contributed by atoms with Crippen molar-refractivity contribution >= 4 is 49.4 Å². The second kappa shape index (κ2) is 7.70. The quantitative estimate of drug-likeness (QED) is 0.212. The highest BCUT2D eigenvalue weighted by atomic mass is 79.9. The van der Waals surface area contributed by atoms with E-state index in [1.807, 2.05) is 60.7 Å². The van der Waals surface area contributed by atoms with E-state index in [1.165, 1.54) is 4.90 Å². The van der Waals surface area contributed by atoms with E-state index >= 15 is 0 Å². The summed E-state index contributed by atoms with van der Waals surface area (Å²) in [7, 11) is 0. The van der Waals surface area contributed by atoms with Gasteiger partial charge in [-0.05, 0) is 64.1 Å². The summed E-state index contributed by atoms with van der Waals surface area (Å²) in [6.07, 6.45) is 4.32. The minimum absolute atomic E-state index is 0.170. The van der Waals surface area contributed by atoms with Gasteiger partial charge in [0.1, 0.15) is 0 Å². The van der Waals surface area contributed by atoms with Crippen LogP contribution in [0.4, 0.5) is 5.69 Å². The van der Waals surface area contributed by atoms with E-state index in [0.29, 0.717) is 5.69 Å². The van der Waals surface area contributed by atoms with Crippen molar-refractivity contribution in [1.82, 2.24) is 4.98 Å². The van der Waals surface area contributed by atoms with Crippen LogP contribution in [0.2, 0.25) is 0 Å². The normalized spacial score (nSPS) is 27.6. The fourth-order valence-corrected chi connectivity index (χ4v) is 8.72. The Labute approximate surface area is 225 Å². The Kier molecular flexibility index (Phi) is 4.74. The molecule has 8 rings (SSSR count). The van der Waals surface area contributed by atoms with Crippen LogP contribution in [-0.2, 0) is 24.7 Å². The number of rotatable bonds is 3. The maximum atomic E-state index is 14.1. The summed E-state index contributed by atoms with van der Waals surface area (Å²) < 4.78 is -1.55. The smallest absolute Gasteiger partial charge is 0.239 e. The number of benzene rings is 3. The number of hydrogen-bond acceptors (Lipinski definition) is 3. The number of hydrogen-bond donors (Lipinski definition) is 0. The predicted octanol–water partition coefficient (Wildman–Crippen LogP) is 6.08. The third-order valence-electron chi connectivity index (χ3n) is 7.94. The van der Waals surface area contributed by atoms with Gasteiger partial charge in [-0.15, -0.1) is 0 Å². The van der Waals surface area contributed by atoms with Gasteiger partial charge < -0.3 is 0 Å². The van der Waals surface area contributed by atoms with Crippen molar-refractivity contribution in [1.29, 1.82) is 0 Å². The molecule has 1 fully saturated rings. The van der Waals surface area contributed by atoms with E-state index < -0.39 is 20.5 Å². The zero-order chi connectivity index (χ0) is 24.7. The summed E-state index contributed by atoms with van der Waals surface area (Å²) in [4.78, 5) is 33.7. The van der Waals surface area contributed by atoms with E-state index in [0.717, 1.165) is 39.8 Å². The average molecular weight is 600 g/mol. The third-order valence-corrected chi connectivity index (χ3v) is 10.6. The standard InChI is InChI=1S/C30H20Br2N2O2/c31-29-21-5-1-2-6-22(21)30(32,24-8-4-3-7-23(24)29)26-25(29)27(35)34(28(26)36)20-11-9-18(10-12-20)17-19-13-15-33-16-14-19/h1-16,25-26H,17H2/t25-,26-,29?,30?/m0/s1. The molecule has 1 aliphatic heterocycles. The molecule has 4 nitrogen and oxygen atoms in total. The Balaban J connectivity index is 1.34. The molecule has 176 valence electrons. The topological polar surface area (TPSA) is 50.3 Å². The fourth-order valence-electron chi connectivity index (χ4n) is 6.42. The molecule has 0 radical (unpaired) electrons. The van der Waals surface area contributed by atoms with Crippen molar-refractivity contribution in [3.63, 3.8) is 0 Å². The lowest BCUT2D eigenvalue weighted by Crippen LogP contribution is -2.56. The van der Waals surface area contributed by atoms with Gasteiger partial charge in [0.05, 0.1) is 26.2 Å². The lowest BCUT2D eigenvalue weighted by Gasteiger charge is -2.55. The first-order valence-corrected chi connectivity index (χ1v) is 13.5. The molecule has 0 spiro atoms. The molecule has 0 saturated carbocycles. The largest absolute Gasteiger partial charge is 0.274 e. The number of anilines is 1. The summed E-state index contributed by atoms with van der Waals surface area (Å²) in [5, 5.41) is 0. The molecule has 4 aromatic rings. The van der Waals surface area contributed by atoms with E-state index in [4.69, 9.17) is 0 Å². The Morgan fingerprint density at radius 3 is 1.50 bits per heavy atom. The maximum Gasteiger partial charge on any atom is 0.239 e. The van der Waals surface area contributed by atoms with Crippen molar-refractivity contribution in [3.8, 4) is 0 Å². The SMILES string of the molecule is O=C1[C@@H]2[C@@H](C(=O)N1c1ccc(Cc3ccncc3)cc1)C1(Br)c3ccccc3C2(Br)c2ccccc21. The van der Waals surface area contributed by atoms with Gasteiger partial charge in [0.15, 0.2) is 0 Å². The number of alkyl halides is 2. The highest BCUT2D eigenvalue weighted by Gasteiger charge is 2.72. The Hall–Kier alpha value is -3.09. The monoisotopic (exact) mass is 598 g/mol. The zero-order valence-electron chi connectivity index (χ0n) is 19.1. The van der Waals surface area contributed by atoms with Gasteiger partial charge in [-0.1, -0.05) is 92.5 Å². The van der Waals surface area contributed by atoms with E-state index in [-0.39, 0.29) is 11.8 Å². The highest BCUT2D eigenvalue weighted by Crippen LogP contribution is 2.70. The average Bonchev–Trinajstić information content (AvgIpc) is 3.19. The second-order valence-corrected chi connectivity index (χ2v) is 12.2. The van der Waals surface area contributed by atoms with Crippen molar-refractivity contribution < 1.29 is 9.59 Å². The van der Waals surface area contributed by atoms with E-state index in [9.17, 15) is 9.59 Å². The molecule has 36 heavy (non-hydrogen) atoms. The first-order chi connectivity index (χ1) is 17.5. The van der Waals surface area contributed by atoms with Crippen LogP contribution < -0.4 is 4.90 Å². The summed E-state index contributed by atoms with van der Waals surface area (Å²) in [5.41, 5.74) is 7.03. The van der Waals surface area contributed by atoms with Crippen LogP contribution in [0.25, 0.3) is 0 Å². The molecule has 0 unspecified atom stereocenters. The van der Waals surface area contributed by atoms with Gasteiger partial charge in [0.25, 0.3) is 0 Å². The fraction of sp³-hybridized carbons (Fsp3) is 0.167. The van der Waals surface area contributed by atoms with Crippen LogP contribution in [0, 0.1) is 11.8 Å². The summed E-state index contributed by atoms with van der Waals surface area (Å²) >= 11 is 8.10. The number of pyridine rings is 1. The number of imide groups is 1. The number of carbonyl (C=O) groups is 2. The molecule has 2 amide bonds. The molecule has 1 aromatic heterocycles. The molecular weight excluding hydrogens is 580 g/mol. The van der Waals surface area contributed by atoms with Crippen molar-refractivity contribution in [2.24, 2.45) is 11.8 Å². The van der Waals surface area contributed by atoms with Crippen molar-refractivity contribution in [2.45, 2.75) is 15.1 Å². The van der Waals surface area contributed by atoms with Gasteiger partial charge in [0, 0.05) is 12.4 Å². The Morgan fingerprint density at radius 2 is 1.06 bits per heavy atom. The molecule has 3 aliphatic carbocycles. The van der Waals surface area contributed by atoms with Crippen LogP contribution >= 0.6 is 31.9 Å². The lowest BCUT2D eigenvalue weighted by molar-refractivity contribution is -0.122. The molecular formula is C30H20Br2N2O2. The Bertz CT molecular complexity index is 1430. The molecule has 2 bridgehead atoms. The maximum absolute atomic E-state index is 14.1. The van der Waals surface area contributed by atoms with Crippen LogP contribution in [-0.4, -0.2) is 16.8 Å². The van der Waals surface area contributed by atoms with Crippen molar-refractivity contribution in [2.75, 3.05) is 4.90 Å². The first-order valence-electron chi connectivity index (χ1n) is 11.9. The molecule has 3 aromatic carbocycles. The van der Waals surface area contributed by atoms with Crippen LogP contribution in [0.1, 0.15) is 33.4 Å². The molecule has 0 N–H and O–H groups in total. The number of aromatic nitrogens is 1. The predicted molar refractivity (Wildman–Crippen MR) is 145 cm³/mol. The minimum Gasteiger partial charge on any atom is -0.274 e. The van der Waals surface area contributed by atoms with Crippen LogP contribution in [0.3, 0.4) is 0 Å². The number of amides is 2. The summed E-state index contributed by atoms with van der Waals surface area (Å²) in [6, 6.07) is 28.0. The van der Waals surface area contributed by atoms with Gasteiger partial charge in [-0.25, -0.2) is 4.90 Å². The number of nitrogens with zero attached hydrogens (tertiary/aromatic N) is 2. The van der Waals surface area contributed by atoms with Crippen LogP contribution in [0.5, 0.6) is 0 Å². The zero-order valence-corrected chi connectivity index (χ0v) is 22.2. The molecule has 2 heterocycles. The highest BCUT2D eigenvalue weighted by molar-refractivity contribution is 9.10. The summed E-state index contributed by atoms with van der Waals surface area (Å²) in [6.45, 7) is 0. The second-order valence-electron chi connectivity index (χ2n) is 9.68. The molecule has 1 saturated heterocycles. The van der Waals surface area contributed by atoms with Crippen molar-refractivity contribution in [3.05, 3.63) is 131 Å². The Morgan fingerprint density at radius 1 is 0.639 bits per heavy atom. The first kappa shape index (κ1) is 22.1. The van der Waals surface area contributed by atoms with E-state index in [1.54, 1.807) is 12.4 Å². The molecule has 4 aliphatic rings. The number of carbonyl (C=O) groups excluding carboxylic acids is 2. The third kappa shape index (κ3) is 2.72. The van der Waals surface area contributed by atoms with Gasteiger partial charge in [-0.3, -0.25) is 14.6 Å². The molecule has 6 heteroatoms. The molecule has 2 atom stereocenters. The summed E-state index contributed by atoms with van der Waals surface area (Å²) in [5.74, 6) is -1.47. The van der Waals surface area contributed by atoms with Crippen LogP contribution in [0.15, 0.2) is 97.3 Å². The van der Waals surface area contributed by atoms with Gasteiger partial charge in [-0.2, -0.15) is 0 Å². The minimum atomic E-state index is -0.775. The number of halogens is 2. The van der Waals surface area contributed by atoms with Gasteiger partial charge in [0.2, 0.25) is 11.8 Å².